The molecular formula is C22H41F3O2. The summed E-state index contributed by atoms with van der Waals surface area (Å²) in [5, 5.41) is 0. The Labute approximate surface area is 164 Å². The molecule has 0 heterocycles. The molecule has 0 unspecified atom stereocenters. The van der Waals surface area contributed by atoms with Crippen LogP contribution in [0.25, 0.3) is 0 Å². The van der Waals surface area contributed by atoms with Crippen LogP contribution in [0.15, 0.2) is 0 Å². The monoisotopic (exact) mass is 394 g/mol. The topological polar surface area (TPSA) is 26.3 Å². The Hall–Kier alpha value is -0.740. The lowest BCUT2D eigenvalue weighted by Gasteiger charge is -2.25. The number of hydrogen-bond donors (Lipinski definition) is 0. The largest absolute Gasteiger partial charge is 0.490 e. The molecule has 0 atom stereocenters. The van der Waals surface area contributed by atoms with Gasteiger partial charge in [-0.05, 0) is 26.7 Å². The Kier molecular flexibility index (Phi) is 14.8. The van der Waals surface area contributed by atoms with Crippen LogP contribution >= 0.6 is 0 Å². The molecule has 0 saturated heterocycles. The summed E-state index contributed by atoms with van der Waals surface area (Å²) in [4.78, 5) is 10.9. The van der Waals surface area contributed by atoms with Gasteiger partial charge in [-0.25, -0.2) is 4.79 Å². The molecule has 0 rings (SSSR count). The van der Waals surface area contributed by atoms with E-state index in [0.29, 0.717) is 6.42 Å². The van der Waals surface area contributed by atoms with Gasteiger partial charge >= 0.3 is 12.1 Å². The van der Waals surface area contributed by atoms with Gasteiger partial charge in [0.2, 0.25) is 0 Å². The summed E-state index contributed by atoms with van der Waals surface area (Å²) in [6.07, 6.45) is 14.3. The molecule has 0 bridgehead atoms. The molecule has 0 aromatic carbocycles. The van der Waals surface area contributed by atoms with Gasteiger partial charge in [0.1, 0.15) is 5.60 Å². The van der Waals surface area contributed by atoms with Crippen LogP contribution in [-0.2, 0) is 9.53 Å². The molecule has 27 heavy (non-hydrogen) atoms. The van der Waals surface area contributed by atoms with Gasteiger partial charge in [-0.2, -0.15) is 13.2 Å². The Balaban J connectivity index is 3.41. The minimum absolute atomic E-state index is 0.465. The van der Waals surface area contributed by atoms with Gasteiger partial charge in [0.05, 0.1) is 0 Å². The summed E-state index contributed by atoms with van der Waals surface area (Å²) >= 11 is 0. The second kappa shape index (κ2) is 15.2. The number of hydrogen-bond acceptors (Lipinski definition) is 2. The molecule has 5 heteroatoms. The third-order valence-electron chi connectivity index (χ3n) is 4.98. The van der Waals surface area contributed by atoms with Crippen LogP contribution in [0.1, 0.15) is 124 Å². The molecule has 0 fully saturated rings. The third kappa shape index (κ3) is 17.1. The first-order chi connectivity index (χ1) is 12.7. The van der Waals surface area contributed by atoms with Crippen molar-refractivity contribution >= 4 is 5.97 Å². The van der Waals surface area contributed by atoms with Crippen molar-refractivity contribution in [1.29, 1.82) is 0 Å². The van der Waals surface area contributed by atoms with E-state index in [-0.39, 0.29) is 0 Å². The van der Waals surface area contributed by atoms with E-state index in [1.54, 1.807) is 13.8 Å². The normalized spacial score (nSPS) is 12.4. The van der Waals surface area contributed by atoms with Gasteiger partial charge < -0.3 is 4.74 Å². The van der Waals surface area contributed by atoms with E-state index in [1.807, 2.05) is 0 Å². The van der Waals surface area contributed by atoms with E-state index in [9.17, 15) is 18.0 Å². The van der Waals surface area contributed by atoms with Crippen molar-refractivity contribution in [2.45, 2.75) is 135 Å². The average molecular weight is 395 g/mol. The number of alkyl halides is 3. The second-order valence-electron chi connectivity index (χ2n) is 8.35. The van der Waals surface area contributed by atoms with Crippen molar-refractivity contribution in [3.05, 3.63) is 0 Å². The van der Waals surface area contributed by atoms with Crippen LogP contribution in [0.4, 0.5) is 13.2 Å². The molecule has 0 N–H and O–H groups in total. The van der Waals surface area contributed by atoms with Crippen LogP contribution in [0.2, 0.25) is 0 Å². The first-order valence-electron chi connectivity index (χ1n) is 11.0. The zero-order valence-corrected chi connectivity index (χ0v) is 17.8. The number of unbranched alkanes of at least 4 members (excludes halogenated alkanes) is 14. The van der Waals surface area contributed by atoms with Gasteiger partial charge in [-0.1, -0.05) is 96.8 Å². The maximum atomic E-state index is 12.2. The van der Waals surface area contributed by atoms with Crippen LogP contribution in [-0.4, -0.2) is 17.7 Å². The number of carbonyl (C=O) groups is 1. The minimum Gasteiger partial charge on any atom is -0.453 e. The Morgan fingerprint density at radius 1 is 0.667 bits per heavy atom. The molecule has 0 amide bonds. The standard InChI is InChI=1S/C22H41F3O2/c1-4-5-6-7-8-9-10-11-12-13-14-15-16-17-18-19-21(2,3)27-20(26)22(23,24)25/h4-19H2,1-3H3. The van der Waals surface area contributed by atoms with E-state index >= 15 is 0 Å². The lowest BCUT2D eigenvalue weighted by atomic mass is 9.99. The van der Waals surface area contributed by atoms with Gasteiger partial charge in [0.15, 0.2) is 0 Å². The molecule has 2 nitrogen and oxygen atoms in total. The van der Waals surface area contributed by atoms with E-state index < -0.39 is 17.7 Å². The number of ether oxygens (including phenoxy) is 1. The molecule has 0 saturated carbocycles. The van der Waals surface area contributed by atoms with E-state index in [0.717, 1.165) is 19.3 Å². The Bertz CT molecular complexity index is 365. The van der Waals surface area contributed by atoms with Gasteiger partial charge in [0, 0.05) is 0 Å². The number of halogens is 3. The van der Waals surface area contributed by atoms with Crippen LogP contribution in [0.5, 0.6) is 0 Å². The second-order valence-corrected chi connectivity index (χ2v) is 8.35. The zero-order valence-electron chi connectivity index (χ0n) is 17.8. The summed E-state index contributed by atoms with van der Waals surface area (Å²) in [7, 11) is 0. The molecule has 0 aliphatic heterocycles. The SMILES string of the molecule is CCCCCCCCCCCCCCCCCC(C)(C)OC(=O)C(F)(F)F. The molecule has 0 aliphatic carbocycles. The quantitative estimate of drug-likeness (QED) is 0.184. The highest BCUT2D eigenvalue weighted by Gasteiger charge is 2.43. The third-order valence-corrected chi connectivity index (χ3v) is 4.98. The summed E-state index contributed by atoms with van der Waals surface area (Å²) < 4.78 is 41.2. The van der Waals surface area contributed by atoms with Gasteiger partial charge in [-0.15, -0.1) is 0 Å². The smallest absolute Gasteiger partial charge is 0.453 e. The predicted molar refractivity (Wildman–Crippen MR) is 106 cm³/mol. The van der Waals surface area contributed by atoms with E-state index in [1.165, 1.54) is 77.0 Å². The summed E-state index contributed by atoms with van der Waals surface area (Å²) in [5.74, 6) is -2.09. The molecule has 0 radical (unpaired) electrons. The van der Waals surface area contributed by atoms with Crippen molar-refractivity contribution in [1.82, 2.24) is 0 Å². The summed E-state index contributed by atoms with van der Waals surface area (Å²) in [5.41, 5.74) is -1.05. The van der Waals surface area contributed by atoms with E-state index in [2.05, 4.69) is 11.7 Å². The van der Waals surface area contributed by atoms with Crippen LogP contribution < -0.4 is 0 Å². The highest BCUT2D eigenvalue weighted by Crippen LogP contribution is 2.25. The Morgan fingerprint density at radius 2 is 1.00 bits per heavy atom. The zero-order chi connectivity index (χ0) is 20.6. The fourth-order valence-corrected chi connectivity index (χ4v) is 3.28. The fourth-order valence-electron chi connectivity index (χ4n) is 3.28. The lowest BCUT2D eigenvalue weighted by molar-refractivity contribution is -0.212. The molecule has 0 aliphatic rings. The first kappa shape index (κ1) is 26.3. The van der Waals surface area contributed by atoms with Crippen molar-refractivity contribution < 1.29 is 22.7 Å². The number of rotatable bonds is 17. The van der Waals surface area contributed by atoms with Crippen molar-refractivity contribution in [3.8, 4) is 0 Å². The molecule has 0 spiro atoms. The van der Waals surface area contributed by atoms with Gasteiger partial charge in [0.25, 0.3) is 0 Å². The maximum absolute atomic E-state index is 12.2. The van der Waals surface area contributed by atoms with Crippen molar-refractivity contribution in [2.75, 3.05) is 0 Å². The minimum atomic E-state index is -4.91. The summed E-state index contributed by atoms with van der Waals surface area (Å²) in [6, 6.07) is 0. The average Bonchev–Trinajstić information content (AvgIpc) is 2.57. The lowest BCUT2D eigenvalue weighted by Crippen LogP contribution is -2.35. The first-order valence-corrected chi connectivity index (χ1v) is 11.0. The van der Waals surface area contributed by atoms with Crippen LogP contribution in [0.3, 0.4) is 0 Å². The van der Waals surface area contributed by atoms with Crippen molar-refractivity contribution in [3.63, 3.8) is 0 Å². The maximum Gasteiger partial charge on any atom is 0.490 e. The highest BCUT2D eigenvalue weighted by molar-refractivity contribution is 5.76. The number of esters is 1. The van der Waals surface area contributed by atoms with Crippen LogP contribution in [0, 0.1) is 0 Å². The molecule has 0 aromatic rings. The fraction of sp³-hybridized carbons (Fsp3) is 0.955. The molecular weight excluding hydrogens is 353 g/mol. The molecule has 162 valence electrons. The van der Waals surface area contributed by atoms with E-state index in [4.69, 9.17) is 0 Å². The van der Waals surface area contributed by atoms with Crippen molar-refractivity contribution in [2.24, 2.45) is 0 Å². The summed E-state index contributed by atoms with van der Waals surface area (Å²) in [6.45, 7) is 5.33. The Morgan fingerprint density at radius 3 is 1.33 bits per heavy atom. The highest BCUT2D eigenvalue weighted by atomic mass is 19.4. The number of carbonyl (C=O) groups excluding carboxylic acids is 1. The van der Waals surface area contributed by atoms with Gasteiger partial charge in [-0.3, -0.25) is 0 Å². The predicted octanol–water partition coefficient (Wildman–Crippen LogP) is 8.13. The molecule has 0 aromatic heterocycles.